The lowest BCUT2D eigenvalue weighted by Crippen LogP contribution is -2.43. The number of ketones is 1. The number of morpholine rings is 1. The maximum absolute atomic E-state index is 12.6. The van der Waals surface area contributed by atoms with Gasteiger partial charge in [-0.25, -0.2) is 8.42 Å². The Morgan fingerprint density at radius 3 is 2.42 bits per heavy atom. The zero-order chi connectivity index (χ0) is 22.3. The first-order valence-corrected chi connectivity index (χ1v) is 13.0. The molecule has 7 nitrogen and oxygen atoms in total. The van der Waals surface area contributed by atoms with Crippen LogP contribution in [0.4, 0.5) is 0 Å². The number of sulfonamides is 1. The normalized spacial score (nSPS) is 16.5. The number of carbonyl (C=O) groups is 1. The van der Waals surface area contributed by atoms with Gasteiger partial charge in [0.05, 0.1) is 30.7 Å². The first-order valence-electron chi connectivity index (χ1n) is 10.7. The molecule has 0 saturated carbocycles. The minimum Gasteiger partial charge on any atom is -0.379 e. The number of ether oxygens (including phenoxy) is 1. The number of benzene rings is 1. The second-order valence-corrected chi connectivity index (χ2v) is 10.3. The molecule has 2 aromatic rings. The molecule has 170 valence electrons. The predicted octanol–water partition coefficient (Wildman–Crippen LogP) is 2.62. The van der Waals surface area contributed by atoms with Crippen LogP contribution in [0.5, 0.6) is 0 Å². The highest BCUT2D eigenvalue weighted by molar-refractivity contribution is 7.89. The van der Waals surface area contributed by atoms with Crippen LogP contribution >= 0.6 is 11.3 Å². The number of Topliss-reactive ketones (excluding diaryl/α,β-unsaturated/α-hetero) is 1. The second-order valence-electron chi connectivity index (χ2n) is 7.35. The third-order valence-electron chi connectivity index (χ3n) is 5.50. The lowest BCUT2D eigenvalue weighted by Gasteiger charge is -2.34. The molecule has 1 aliphatic rings. The summed E-state index contributed by atoms with van der Waals surface area (Å²) in [6.07, 6.45) is 0. The topological polar surface area (TPSA) is 79.0 Å². The molecule has 1 aliphatic heterocycles. The maximum Gasteiger partial charge on any atom is 0.243 e. The van der Waals surface area contributed by atoms with Crippen molar-refractivity contribution in [3.63, 3.8) is 0 Å². The van der Waals surface area contributed by atoms with Crippen LogP contribution in [-0.2, 0) is 14.8 Å². The monoisotopic (exact) mass is 465 g/mol. The molecule has 0 aliphatic carbocycles. The van der Waals surface area contributed by atoms with Crippen molar-refractivity contribution in [3.05, 3.63) is 52.2 Å². The van der Waals surface area contributed by atoms with E-state index in [1.165, 1.54) is 21.3 Å². The lowest BCUT2D eigenvalue weighted by atomic mass is 10.1. The van der Waals surface area contributed by atoms with Crippen LogP contribution in [0.1, 0.15) is 35.1 Å². The minimum atomic E-state index is -3.52. The van der Waals surface area contributed by atoms with Gasteiger partial charge >= 0.3 is 0 Å². The van der Waals surface area contributed by atoms with E-state index in [4.69, 9.17) is 4.74 Å². The molecule has 1 atom stereocenters. The number of carbonyl (C=O) groups excluding carboxylic acids is 1. The Morgan fingerprint density at radius 2 is 1.84 bits per heavy atom. The fraction of sp³-hybridized carbons (Fsp3) is 0.500. The Bertz CT molecular complexity index is 920. The fourth-order valence-corrected chi connectivity index (χ4v) is 6.05. The van der Waals surface area contributed by atoms with Gasteiger partial charge in [0, 0.05) is 43.2 Å². The van der Waals surface area contributed by atoms with Crippen molar-refractivity contribution in [1.29, 1.82) is 0 Å². The van der Waals surface area contributed by atoms with Gasteiger partial charge in [-0.05, 0) is 23.6 Å². The number of nitrogens with one attached hydrogen (secondary N) is 1. The minimum absolute atomic E-state index is 0.0568. The molecule has 31 heavy (non-hydrogen) atoms. The molecule has 2 heterocycles. The Labute approximate surface area is 189 Å². The first-order chi connectivity index (χ1) is 15.0. The molecule has 1 saturated heterocycles. The van der Waals surface area contributed by atoms with Crippen LogP contribution in [0, 0.1) is 0 Å². The summed E-state index contributed by atoms with van der Waals surface area (Å²) in [5, 5.41) is 5.37. The van der Waals surface area contributed by atoms with E-state index in [0.717, 1.165) is 26.3 Å². The molecule has 0 radical (unpaired) electrons. The van der Waals surface area contributed by atoms with Gasteiger partial charge in [0.2, 0.25) is 10.0 Å². The van der Waals surface area contributed by atoms with Gasteiger partial charge in [0.25, 0.3) is 0 Å². The summed E-state index contributed by atoms with van der Waals surface area (Å²) in [5.41, 5.74) is 0.505. The molecule has 9 heteroatoms. The Balaban J connectivity index is 1.59. The van der Waals surface area contributed by atoms with E-state index in [2.05, 4.69) is 21.7 Å². The van der Waals surface area contributed by atoms with Crippen molar-refractivity contribution in [2.45, 2.75) is 24.8 Å². The average molecular weight is 466 g/mol. The Morgan fingerprint density at radius 1 is 1.16 bits per heavy atom. The smallest absolute Gasteiger partial charge is 0.243 e. The third-order valence-corrected chi connectivity index (χ3v) is 8.54. The van der Waals surface area contributed by atoms with E-state index < -0.39 is 10.0 Å². The zero-order valence-corrected chi connectivity index (χ0v) is 19.8. The first kappa shape index (κ1) is 24.0. The van der Waals surface area contributed by atoms with Crippen molar-refractivity contribution in [2.75, 3.05) is 52.5 Å². The van der Waals surface area contributed by atoms with Crippen molar-refractivity contribution in [3.8, 4) is 0 Å². The molecule has 0 amide bonds. The summed E-state index contributed by atoms with van der Waals surface area (Å²) in [4.78, 5) is 16.5. The molecule has 1 N–H and O–H groups in total. The SMILES string of the molecule is CCN(CC)S(=O)(=O)c1ccc(C(=O)CNCC(c2cccs2)N2CCOCC2)cc1. The van der Waals surface area contributed by atoms with E-state index >= 15 is 0 Å². The maximum atomic E-state index is 12.6. The van der Waals surface area contributed by atoms with Crippen molar-refractivity contribution in [1.82, 2.24) is 14.5 Å². The number of hydrogen-bond acceptors (Lipinski definition) is 7. The van der Waals surface area contributed by atoms with Gasteiger partial charge in [-0.2, -0.15) is 4.31 Å². The van der Waals surface area contributed by atoms with E-state index in [1.54, 1.807) is 23.5 Å². The van der Waals surface area contributed by atoms with Gasteiger partial charge in [0.1, 0.15) is 0 Å². The van der Waals surface area contributed by atoms with Crippen LogP contribution in [0.25, 0.3) is 0 Å². The summed E-state index contributed by atoms with van der Waals surface area (Å²) in [5.74, 6) is -0.0568. The van der Waals surface area contributed by atoms with E-state index in [0.29, 0.717) is 25.2 Å². The third kappa shape index (κ3) is 6.00. The van der Waals surface area contributed by atoms with Crippen LogP contribution in [-0.4, -0.2) is 75.9 Å². The molecule has 1 aromatic heterocycles. The molecule has 3 rings (SSSR count). The molecular formula is C22H31N3O4S2. The number of rotatable bonds is 11. The highest BCUT2D eigenvalue weighted by atomic mass is 32.2. The fourth-order valence-electron chi connectivity index (χ4n) is 3.73. The molecule has 0 bridgehead atoms. The van der Waals surface area contributed by atoms with Crippen LogP contribution in [0.3, 0.4) is 0 Å². The lowest BCUT2D eigenvalue weighted by molar-refractivity contribution is 0.0169. The van der Waals surface area contributed by atoms with Gasteiger partial charge in [-0.1, -0.05) is 32.0 Å². The summed E-state index contributed by atoms with van der Waals surface area (Å²) in [7, 11) is -3.52. The number of thiophene rings is 1. The van der Waals surface area contributed by atoms with Gasteiger partial charge < -0.3 is 10.1 Å². The zero-order valence-electron chi connectivity index (χ0n) is 18.1. The highest BCUT2D eigenvalue weighted by Crippen LogP contribution is 2.25. The van der Waals surface area contributed by atoms with Gasteiger partial charge in [0.15, 0.2) is 5.78 Å². The molecule has 1 fully saturated rings. The predicted molar refractivity (Wildman–Crippen MR) is 123 cm³/mol. The summed E-state index contributed by atoms with van der Waals surface area (Å²) in [6, 6.07) is 10.6. The summed E-state index contributed by atoms with van der Waals surface area (Å²) in [6.45, 7) is 8.52. The summed E-state index contributed by atoms with van der Waals surface area (Å²) >= 11 is 1.72. The van der Waals surface area contributed by atoms with E-state index in [-0.39, 0.29) is 23.3 Å². The average Bonchev–Trinajstić information content (AvgIpc) is 3.32. The highest BCUT2D eigenvalue weighted by Gasteiger charge is 2.24. The quantitative estimate of drug-likeness (QED) is 0.514. The number of hydrogen-bond donors (Lipinski definition) is 1. The standard InChI is InChI=1S/C22H31N3O4S2/c1-3-25(4-2)31(27,28)19-9-7-18(8-10-19)21(26)17-23-16-20(22-6-5-15-30-22)24-11-13-29-14-12-24/h5-10,15,20,23H,3-4,11-14,16-17H2,1-2H3. The van der Waals surface area contributed by atoms with E-state index in [9.17, 15) is 13.2 Å². The van der Waals surface area contributed by atoms with Crippen molar-refractivity contribution in [2.24, 2.45) is 0 Å². The van der Waals surface area contributed by atoms with Crippen molar-refractivity contribution >= 4 is 27.1 Å². The molecule has 1 aromatic carbocycles. The Kier molecular flexibility index (Phi) is 8.76. The van der Waals surface area contributed by atoms with Gasteiger partial charge in [-0.3, -0.25) is 9.69 Å². The van der Waals surface area contributed by atoms with Crippen LogP contribution in [0.2, 0.25) is 0 Å². The van der Waals surface area contributed by atoms with E-state index in [1.807, 2.05) is 19.9 Å². The molecular weight excluding hydrogens is 434 g/mol. The Hall–Kier alpha value is -1.62. The van der Waals surface area contributed by atoms with Crippen molar-refractivity contribution < 1.29 is 17.9 Å². The largest absolute Gasteiger partial charge is 0.379 e. The second kappa shape index (κ2) is 11.3. The molecule has 0 spiro atoms. The number of nitrogens with zero attached hydrogens (tertiary/aromatic N) is 2. The molecule has 1 unspecified atom stereocenters. The van der Waals surface area contributed by atoms with Crippen LogP contribution < -0.4 is 5.32 Å². The summed E-state index contributed by atoms with van der Waals surface area (Å²) < 4.78 is 32.1. The van der Waals surface area contributed by atoms with Crippen LogP contribution in [0.15, 0.2) is 46.7 Å². The van der Waals surface area contributed by atoms with Gasteiger partial charge in [-0.15, -0.1) is 11.3 Å².